The van der Waals surface area contributed by atoms with Crippen LogP contribution in [0.5, 0.6) is 0 Å². The molecule has 110 valence electrons. The molecule has 21 heavy (non-hydrogen) atoms. The van der Waals surface area contributed by atoms with Crippen LogP contribution in [0.1, 0.15) is 48.7 Å². The van der Waals surface area contributed by atoms with Crippen molar-refractivity contribution in [2.24, 2.45) is 0 Å². The van der Waals surface area contributed by atoms with E-state index >= 15 is 0 Å². The zero-order valence-electron chi connectivity index (χ0n) is 12.4. The summed E-state index contributed by atoms with van der Waals surface area (Å²) in [7, 11) is 0. The molecule has 0 aliphatic carbocycles. The molecule has 0 saturated heterocycles. The summed E-state index contributed by atoms with van der Waals surface area (Å²) < 4.78 is 13.0. The predicted octanol–water partition coefficient (Wildman–Crippen LogP) is 5.40. The number of rotatable bonds is 4. The van der Waals surface area contributed by atoms with Crippen LogP contribution in [-0.2, 0) is 5.41 Å². The third-order valence-corrected chi connectivity index (χ3v) is 4.30. The third kappa shape index (κ3) is 3.33. The van der Waals surface area contributed by atoms with E-state index in [9.17, 15) is 9.18 Å². The van der Waals surface area contributed by atoms with Gasteiger partial charge >= 0.3 is 0 Å². The minimum Gasteiger partial charge on any atom is -0.289 e. The number of carbonyl (C=O) groups is 1. The molecular formula is C18H18ClFO. The van der Waals surface area contributed by atoms with Gasteiger partial charge in [0, 0.05) is 11.1 Å². The van der Waals surface area contributed by atoms with Crippen molar-refractivity contribution in [2.45, 2.75) is 32.6 Å². The second-order valence-corrected chi connectivity index (χ2v) is 6.18. The van der Waals surface area contributed by atoms with E-state index in [0.29, 0.717) is 11.1 Å². The first-order chi connectivity index (χ1) is 9.85. The molecule has 0 N–H and O–H groups in total. The molecule has 0 unspecified atom stereocenters. The van der Waals surface area contributed by atoms with E-state index in [2.05, 4.69) is 20.8 Å². The number of ketones is 1. The molecule has 0 fully saturated rings. The van der Waals surface area contributed by atoms with E-state index < -0.39 is 5.82 Å². The van der Waals surface area contributed by atoms with Gasteiger partial charge in [0.1, 0.15) is 5.82 Å². The zero-order valence-corrected chi connectivity index (χ0v) is 13.2. The lowest BCUT2D eigenvalue weighted by Crippen LogP contribution is -2.15. The standard InChI is InChI=1S/C18H18ClFO/c1-4-18(2,3)13-7-5-12(6-8-13)17(21)15-10-9-14(20)11-16(15)19/h5-11H,4H2,1-3H3. The van der Waals surface area contributed by atoms with Crippen molar-refractivity contribution in [3.63, 3.8) is 0 Å². The minimum absolute atomic E-state index is 0.0785. The Morgan fingerprint density at radius 3 is 2.29 bits per heavy atom. The Morgan fingerprint density at radius 1 is 1.14 bits per heavy atom. The predicted molar refractivity (Wildman–Crippen MR) is 84.6 cm³/mol. The smallest absolute Gasteiger partial charge is 0.194 e. The Kier molecular flexibility index (Phi) is 4.48. The van der Waals surface area contributed by atoms with E-state index in [1.165, 1.54) is 17.7 Å². The average molecular weight is 305 g/mol. The summed E-state index contributed by atoms with van der Waals surface area (Å²) in [6.45, 7) is 6.47. The number of hydrogen-bond donors (Lipinski definition) is 0. The summed E-state index contributed by atoms with van der Waals surface area (Å²) in [6, 6.07) is 11.4. The normalized spacial score (nSPS) is 11.5. The summed E-state index contributed by atoms with van der Waals surface area (Å²) >= 11 is 5.94. The SMILES string of the molecule is CCC(C)(C)c1ccc(C(=O)c2ccc(F)cc2Cl)cc1. The lowest BCUT2D eigenvalue weighted by molar-refractivity contribution is 0.103. The van der Waals surface area contributed by atoms with Crippen molar-refractivity contribution in [1.82, 2.24) is 0 Å². The van der Waals surface area contributed by atoms with Gasteiger partial charge in [-0.15, -0.1) is 0 Å². The van der Waals surface area contributed by atoms with Crippen molar-refractivity contribution in [2.75, 3.05) is 0 Å². The molecule has 0 aliphatic rings. The third-order valence-electron chi connectivity index (χ3n) is 3.99. The monoisotopic (exact) mass is 304 g/mol. The van der Waals surface area contributed by atoms with Crippen LogP contribution >= 0.6 is 11.6 Å². The molecule has 0 saturated carbocycles. The van der Waals surface area contributed by atoms with Crippen LogP contribution in [-0.4, -0.2) is 5.78 Å². The molecule has 0 atom stereocenters. The summed E-state index contributed by atoms with van der Waals surface area (Å²) in [6.07, 6.45) is 1.02. The fourth-order valence-corrected chi connectivity index (χ4v) is 2.36. The lowest BCUT2D eigenvalue weighted by atomic mass is 9.82. The van der Waals surface area contributed by atoms with E-state index in [4.69, 9.17) is 11.6 Å². The fraction of sp³-hybridized carbons (Fsp3) is 0.278. The van der Waals surface area contributed by atoms with Gasteiger partial charge in [0.15, 0.2) is 5.78 Å². The van der Waals surface area contributed by atoms with Crippen molar-refractivity contribution in [3.8, 4) is 0 Å². The fourth-order valence-electron chi connectivity index (χ4n) is 2.11. The maximum Gasteiger partial charge on any atom is 0.194 e. The highest BCUT2D eigenvalue weighted by Crippen LogP contribution is 2.27. The quantitative estimate of drug-likeness (QED) is 0.691. The molecule has 0 bridgehead atoms. The van der Waals surface area contributed by atoms with Crippen LogP contribution in [0.25, 0.3) is 0 Å². The number of benzene rings is 2. The van der Waals surface area contributed by atoms with Crippen LogP contribution in [0.4, 0.5) is 4.39 Å². The zero-order chi connectivity index (χ0) is 15.6. The molecule has 2 aromatic rings. The topological polar surface area (TPSA) is 17.1 Å². The first-order valence-electron chi connectivity index (χ1n) is 6.95. The molecule has 0 amide bonds. The second-order valence-electron chi connectivity index (χ2n) is 5.77. The Labute approximate surface area is 129 Å². The number of halogens is 2. The molecule has 2 aromatic carbocycles. The van der Waals surface area contributed by atoms with Crippen LogP contribution < -0.4 is 0 Å². The van der Waals surface area contributed by atoms with Gasteiger partial charge in [-0.25, -0.2) is 4.39 Å². The molecule has 2 rings (SSSR count). The van der Waals surface area contributed by atoms with Crippen LogP contribution in [0.2, 0.25) is 5.02 Å². The molecule has 0 spiro atoms. The van der Waals surface area contributed by atoms with Crippen LogP contribution in [0.3, 0.4) is 0 Å². The first-order valence-corrected chi connectivity index (χ1v) is 7.33. The Balaban J connectivity index is 2.32. The maximum atomic E-state index is 13.0. The van der Waals surface area contributed by atoms with Gasteiger partial charge in [-0.2, -0.15) is 0 Å². The van der Waals surface area contributed by atoms with Gasteiger partial charge in [0.05, 0.1) is 5.02 Å². The van der Waals surface area contributed by atoms with Crippen LogP contribution in [0, 0.1) is 5.82 Å². The summed E-state index contributed by atoms with van der Waals surface area (Å²) in [5, 5.41) is 0.137. The summed E-state index contributed by atoms with van der Waals surface area (Å²) in [5.74, 6) is -0.641. The Bertz CT molecular complexity index is 659. The Hall–Kier alpha value is -1.67. The summed E-state index contributed by atoms with van der Waals surface area (Å²) in [4.78, 5) is 12.4. The number of hydrogen-bond acceptors (Lipinski definition) is 1. The first kappa shape index (κ1) is 15.7. The molecule has 0 aliphatic heterocycles. The molecule has 3 heteroatoms. The van der Waals surface area contributed by atoms with Gasteiger partial charge in [-0.05, 0) is 35.6 Å². The molecule has 0 heterocycles. The maximum absolute atomic E-state index is 13.0. The van der Waals surface area contributed by atoms with E-state index in [1.807, 2.05) is 12.1 Å². The molecule has 0 radical (unpaired) electrons. The van der Waals surface area contributed by atoms with E-state index in [0.717, 1.165) is 12.5 Å². The minimum atomic E-state index is -0.448. The van der Waals surface area contributed by atoms with Gasteiger partial charge in [-0.1, -0.05) is 56.6 Å². The molecule has 0 aromatic heterocycles. The summed E-state index contributed by atoms with van der Waals surface area (Å²) in [5.41, 5.74) is 2.14. The van der Waals surface area contributed by atoms with Gasteiger partial charge in [0.25, 0.3) is 0 Å². The van der Waals surface area contributed by atoms with Crippen molar-refractivity contribution >= 4 is 17.4 Å². The highest BCUT2D eigenvalue weighted by molar-refractivity contribution is 6.35. The molecular weight excluding hydrogens is 287 g/mol. The van der Waals surface area contributed by atoms with Crippen molar-refractivity contribution in [1.29, 1.82) is 0 Å². The van der Waals surface area contributed by atoms with Gasteiger partial charge < -0.3 is 0 Å². The van der Waals surface area contributed by atoms with Crippen LogP contribution in [0.15, 0.2) is 42.5 Å². The lowest BCUT2D eigenvalue weighted by Gasteiger charge is -2.23. The number of carbonyl (C=O) groups excluding carboxylic acids is 1. The van der Waals surface area contributed by atoms with Gasteiger partial charge in [0.2, 0.25) is 0 Å². The van der Waals surface area contributed by atoms with E-state index in [-0.39, 0.29) is 16.2 Å². The highest BCUT2D eigenvalue weighted by atomic mass is 35.5. The largest absolute Gasteiger partial charge is 0.289 e. The van der Waals surface area contributed by atoms with E-state index in [1.54, 1.807) is 12.1 Å². The van der Waals surface area contributed by atoms with Gasteiger partial charge in [-0.3, -0.25) is 4.79 Å². The average Bonchev–Trinajstić information content (AvgIpc) is 2.47. The highest BCUT2D eigenvalue weighted by Gasteiger charge is 2.19. The van der Waals surface area contributed by atoms with Crippen molar-refractivity contribution < 1.29 is 9.18 Å². The second kappa shape index (κ2) is 5.98. The van der Waals surface area contributed by atoms with Crippen molar-refractivity contribution in [3.05, 3.63) is 70.0 Å². The Morgan fingerprint density at radius 2 is 1.76 bits per heavy atom. The molecule has 1 nitrogen and oxygen atoms in total.